The number of amides is 1. The summed E-state index contributed by atoms with van der Waals surface area (Å²) in [5.74, 6) is 0. The molecule has 1 saturated heterocycles. The van der Waals surface area contributed by atoms with Crippen LogP contribution < -0.4 is 4.87 Å². The normalized spacial score (nSPS) is 17.4. The predicted octanol–water partition coefficient (Wildman–Crippen LogP) is 2.19. The van der Waals surface area contributed by atoms with Crippen molar-refractivity contribution in [2.45, 2.75) is 46.3 Å². The number of aromatic nitrogens is 1. The zero-order valence-corrected chi connectivity index (χ0v) is 14.6. The minimum atomic E-state index is -0.461. The molecule has 1 aliphatic heterocycles. The molecule has 1 aliphatic rings. The first kappa shape index (κ1) is 17.0. The van der Waals surface area contributed by atoms with Gasteiger partial charge >= 0.3 is 11.0 Å². The lowest BCUT2D eigenvalue weighted by Gasteiger charge is -2.26. The van der Waals surface area contributed by atoms with Gasteiger partial charge < -0.3 is 14.6 Å². The third-order valence-corrected chi connectivity index (χ3v) is 4.50. The highest BCUT2D eigenvalue weighted by Gasteiger charge is 2.24. The number of nitrogens with one attached hydrogen (secondary N) is 1. The van der Waals surface area contributed by atoms with Crippen molar-refractivity contribution in [2.75, 3.05) is 26.2 Å². The monoisotopic (exact) mass is 327 g/mol. The highest BCUT2D eigenvalue weighted by atomic mass is 32.1. The van der Waals surface area contributed by atoms with Crippen molar-refractivity contribution in [1.82, 2.24) is 14.8 Å². The van der Waals surface area contributed by atoms with E-state index in [1.807, 2.05) is 27.7 Å². The quantitative estimate of drug-likeness (QED) is 0.904. The van der Waals surface area contributed by atoms with Gasteiger partial charge in [-0.05, 0) is 34.1 Å². The maximum atomic E-state index is 12.1. The van der Waals surface area contributed by atoms with E-state index in [1.165, 1.54) is 11.3 Å². The van der Waals surface area contributed by atoms with Crippen LogP contribution >= 0.6 is 11.3 Å². The van der Waals surface area contributed by atoms with Gasteiger partial charge in [0.2, 0.25) is 0 Å². The summed E-state index contributed by atoms with van der Waals surface area (Å²) in [5.41, 5.74) is 0.487. The van der Waals surface area contributed by atoms with Crippen LogP contribution in [0.5, 0.6) is 0 Å². The topological polar surface area (TPSA) is 65.6 Å². The summed E-state index contributed by atoms with van der Waals surface area (Å²) in [6.45, 7) is 11.4. The van der Waals surface area contributed by atoms with Gasteiger partial charge in [0, 0.05) is 43.3 Å². The Balaban J connectivity index is 1.91. The third kappa shape index (κ3) is 4.84. The highest BCUT2D eigenvalue weighted by molar-refractivity contribution is 7.09. The van der Waals surface area contributed by atoms with Crippen LogP contribution in [0.1, 0.15) is 37.8 Å². The van der Waals surface area contributed by atoms with Gasteiger partial charge in [-0.1, -0.05) is 11.3 Å². The summed E-state index contributed by atoms with van der Waals surface area (Å²) in [6.07, 6.45) is 0.675. The van der Waals surface area contributed by atoms with Crippen LogP contribution in [0, 0.1) is 6.92 Å². The molecule has 0 bridgehead atoms. The lowest BCUT2D eigenvalue weighted by molar-refractivity contribution is 0.0257. The number of rotatable bonds is 2. The minimum absolute atomic E-state index is 0.00213. The standard InChI is InChI=1S/C15H25N3O3S/c1-11-12(22-13(19)16-11)10-17-6-5-7-18(9-8-17)14(20)21-15(2,3)4/h5-10H2,1-4H3,(H,16,19). The van der Waals surface area contributed by atoms with Crippen LogP contribution in [0.3, 0.4) is 0 Å². The Morgan fingerprint density at radius 1 is 1.27 bits per heavy atom. The van der Waals surface area contributed by atoms with Gasteiger partial charge in [0.1, 0.15) is 5.60 Å². The van der Waals surface area contributed by atoms with Gasteiger partial charge in [-0.15, -0.1) is 0 Å². The van der Waals surface area contributed by atoms with Crippen LogP contribution in [-0.2, 0) is 11.3 Å². The Morgan fingerprint density at radius 3 is 2.59 bits per heavy atom. The Hall–Kier alpha value is -1.34. The molecule has 0 radical (unpaired) electrons. The van der Waals surface area contributed by atoms with Gasteiger partial charge in [0.15, 0.2) is 0 Å². The fraction of sp³-hybridized carbons (Fsp3) is 0.733. The minimum Gasteiger partial charge on any atom is -0.444 e. The van der Waals surface area contributed by atoms with Crippen molar-refractivity contribution in [1.29, 1.82) is 0 Å². The van der Waals surface area contributed by atoms with Crippen molar-refractivity contribution in [3.05, 3.63) is 20.2 Å². The van der Waals surface area contributed by atoms with Crippen LogP contribution in [0.4, 0.5) is 4.79 Å². The highest BCUT2D eigenvalue weighted by Crippen LogP contribution is 2.15. The van der Waals surface area contributed by atoms with Crippen LogP contribution in [-0.4, -0.2) is 52.7 Å². The Bertz CT molecular complexity index is 573. The number of aryl methyl sites for hydroxylation is 1. The molecule has 2 heterocycles. The molecule has 1 fully saturated rings. The molecule has 0 aliphatic carbocycles. The molecule has 1 amide bonds. The van der Waals surface area contributed by atoms with Crippen molar-refractivity contribution >= 4 is 17.4 Å². The van der Waals surface area contributed by atoms with Crippen LogP contribution in [0.2, 0.25) is 0 Å². The van der Waals surface area contributed by atoms with E-state index >= 15 is 0 Å². The Kier molecular flexibility index (Phi) is 5.28. The second kappa shape index (κ2) is 6.83. The first-order chi connectivity index (χ1) is 10.2. The fourth-order valence-corrected chi connectivity index (χ4v) is 3.31. The molecule has 1 aromatic heterocycles. The van der Waals surface area contributed by atoms with E-state index in [0.29, 0.717) is 13.1 Å². The molecule has 0 spiro atoms. The Morgan fingerprint density at radius 2 is 2.00 bits per heavy atom. The summed E-state index contributed by atoms with van der Waals surface area (Å²) in [5, 5.41) is 0. The fourth-order valence-electron chi connectivity index (χ4n) is 2.43. The van der Waals surface area contributed by atoms with Crippen LogP contribution in [0.15, 0.2) is 4.79 Å². The second-order valence-electron chi connectivity index (χ2n) is 6.66. The van der Waals surface area contributed by atoms with E-state index in [2.05, 4.69) is 9.88 Å². The Labute approximate surface area is 135 Å². The first-order valence-electron chi connectivity index (χ1n) is 7.63. The molecule has 0 atom stereocenters. The second-order valence-corrected chi connectivity index (χ2v) is 7.73. The molecule has 1 aromatic rings. The summed E-state index contributed by atoms with van der Waals surface area (Å²) < 4.78 is 5.43. The van der Waals surface area contributed by atoms with Gasteiger partial charge in [0.25, 0.3) is 0 Å². The zero-order valence-electron chi connectivity index (χ0n) is 13.8. The van der Waals surface area contributed by atoms with Crippen molar-refractivity contribution in [3.8, 4) is 0 Å². The molecule has 6 nitrogen and oxygen atoms in total. The number of thiazole rings is 1. The molecular weight excluding hydrogens is 302 g/mol. The summed E-state index contributed by atoms with van der Waals surface area (Å²) >= 11 is 1.27. The first-order valence-corrected chi connectivity index (χ1v) is 8.45. The molecule has 22 heavy (non-hydrogen) atoms. The number of nitrogens with zero attached hydrogens (tertiary/aromatic N) is 2. The molecule has 0 unspecified atom stereocenters. The number of hydrogen-bond donors (Lipinski definition) is 1. The predicted molar refractivity (Wildman–Crippen MR) is 87.4 cm³/mol. The maximum Gasteiger partial charge on any atom is 0.410 e. The van der Waals surface area contributed by atoms with E-state index in [4.69, 9.17) is 4.74 Å². The maximum absolute atomic E-state index is 12.1. The largest absolute Gasteiger partial charge is 0.444 e. The van der Waals surface area contributed by atoms with E-state index in [9.17, 15) is 9.59 Å². The average molecular weight is 327 g/mol. The molecule has 0 aromatic carbocycles. The number of carbonyl (C=O) groups excluding carboxylic acids is 1. The molecule has 2 rings (SSSR count). The third-order valence-electron chi connectivity index (χ3n) is 3.53. The van der Waals surface area contributed by atoms with E-state index in [-0.39, 0.29) is 11.0 Å². The van der Waals surface area contributed by atoms with Crippen molar-refractivity contribution < 1.29 is 9.53 Å². The average Bonchev–Trinajstić information content (AvgIpc) is 2.60. The van der Waals surface area contributed by atoms with E-state index in [0.717, 1.165) is 36.6 Å². The summed E-state index contributed by atoms with van der Waals surface area (Å²) in [7, 11) is 0. The number of carbonyl (C=O) groups is 1. The lowest BCUT2D eigenvalue weighted by Crippen LogP contribution is -2.39. The number of ether oxygens (including phenoxy) is 1. The lowest BCUT2D eigenvalue weighted by atomic mass is 10.2. The molecule has 7 heteroatoms. The van der Waals surface area contributed by atoms with E-state index in [1.54, 1.807) is 4.90 Å². The molecule has 124 valence electrons. The molecular formula is C15H25N3O3S. The van der Waals surface area contributed by atoms with Gasteiger partial charge in [-0.3, -0.25) is 9.69 Å². The molecule has 1 N–H and O–H groups in total. The van der Waals surface area contributed by atoms with Crippen molar-refractivity contribution in [2.24, 2.45) is 0 Å². The number of H-pyrrole nitrogens is 1. The molecule has 0 saturated carbocycles. The number of hydrogen-bond acceptors (Lipinski definition) is 5. The van der Waals surface area contributed by atoms with Crippen molar-refractivity contribution in [3.63, 3.8) is 0 Å². The van der Waals surface area contributed by atoms with Gasteiger partial charge in [0.05, 0.1) is 0 Å². The number of aromatic amines is 1. The van der Waals surface area contributed by atoms with Gasteiger partial charge in [-0.25, -0.2) is 4.79 Å². The van der Waals surface area contributed by atoms with E-state index < -0.39 is 5.60 Å². The zero-order chi connectivity index (χ0) is 16.3. The van der Waals surface area contributed by atoms with Crippen LogP contribution in [0.25, 0.3) is 0 Å². The van der Waals surface area contributed by atoms with Gasteiger partial charge in [-0.2, -0.15) is 0 Å². The smallest absolute Gasteiger partial charge is 0.410 e. The SMILES string of the molecule is Cc1[nH]c(=O)sc1CN1CCCN(C(=O)OC(C)(C)C)CC1. The summed E-state index contributed by atoms with van der Waals surface area (Å²) in [4.78, 5) is 31.5. The summed E-state index contributed by atoms with van der Waals surface area (Å²) in [6, 6.07) is 0.